The molecular weight excluding hydrogens is 220 g/mol. The van der Waals surface area contributed by atoms with Crippen molar-refractivity contribution in [2.45, 2.75) is 32.6 Å². The molecule has 90 valence electrons. The number of thiocarbonyl (C=S) groups is 1. The standard InChI is InChI=1S/C12H20N2OS/c1-2-6-14(7-10(13)16)12(15)11-8-4-3-5-9(8)11/h8-9,11H,2-7H2,1H3,(H2,13,16). The van der Waals surface area contributed by atoms with Crippen LogP contribution in [-0.4, -0.2) is 28.9 Å². The molecule has 0 radical (unpaired) electrons. The van der Waals surface area contributed by atoms with Crippen molar-refractivity contribution in [2.24, 2.45) is 23.5 Å². The maximum absolute atomic E-state index is 12.3. The van der Waals surface area contributed by atoms with E-state index in [1.54, 1.807) is 0 Å². The van der Waals surface area contributed by atoms with Gasteiger partial charge in [-0.1, -0.05) is 25.6 Å². The number of carbonyl (C=O) groups excluding carboxylic acids is 1. The van der Waals surface area contributed by atoms with E-state index in [9.17, 15) is 4.79 Å². The third-order valence-corrected chi connectivity index (χ3v) is 3.97. The average molecular weight is 240 g/mol. The van der Waals surface area contributed by atoms with Crippen LogP contribution in [0.3, 0.4) is 0 Å². The third kappa shape index (κ3) is 2.21. The Bertz CT molecular complexity index is 295. The van der Waals surface area contributed by atoms with Crippen LogP contribution in [0.1, 0.15) is 32.6 Å². The molecule has 0 spiro atoms. The summed E-state index contributed by atoms with van der Waals surface area (Å²) in [6.45, 7) is 3.32. The Kier molecular flexibility index (Phi) is 3.47. The lowest BCUT2D eigenvalue weighted by Gasteiger charge is -2.22. The molecule has 0 saturated heterocycles. The van der Waals surface area contributed by atoms with Gasteiger partial charge in [-0.15, -0.1) is 0 Å². The van der Waals surface area contributed by atoms with E-state index in [1.807, 2.05) is 4.90 Å². The molecule has 2 fully saturated rings. The second-order valence-electron chi connectivity index (χ2n) is 5.01. The van der Waals surface area contributed by atoms with Crippen molar-refractivity contribution in [2.75, 3.05) is 13.1 Å². The van der Waals surface area contributed by atoms with Crippen LogP contribution >= 0.6 is 12.2 Å². The number of amides is 1. The van der Waals surface area contributed by atoms with Crippen LogP contribution < -0.4 is 5.73 Å². The lowest BCUT2D eigenvalue weighted by atomic mass is 10.1. The van der Waals surface area contributed by atoms with E-state index < -0.39 is 0 Å². The van der Waals surface area contributed by atoms with Gasteiger partial charge in [0, 0.05) is 12.5 Å². The van der Waals surface area contributed by atoms with Crippen molar-refractivity contribution in [3.63, 3.8) is 0 Å². The number of carbonyl (C=O) groups is 1. The van der Waals surface area contributed by atoms with Crippen molar-refractivity contribution >= 4 is 23.1 Å². The normalized spacial score (nSPS) is 30.9. The van der Waals surface area contributed by atoms with Gasteiger partial charge in [0.25, 0.3) is 0 Å². The average Bonchev–Trinajstić information content (AvgIpc) is 2.69. The van der Waals surface area contributed by atoms with Gasteiger partial charge in [-0.25, -0.2) is 0 Å². The monoisotopic (exact) mass is 240 g/mol. The number of hydrogen-bond acceptors (Lipinski definition) is 2. The van der Waals surface area contributed by atoms with Crippen LogP contribution in [0.5, 0.6) is 0 Å². The van der Waals surface area contributed by atoms with Gasteiger partial charge in [0.05, 0.1) is 11.5 Å². The van der Waals surface area contributed by atoms with E-state index in [2.05, 4.69) is 6.92 Å². The molecule has 0 heterocycles. The highest BCUT2D eigenvalue weighted by Gasteiger charge is 2.57. The fourth-order valence-corrected chi connectivity index (χ4v) is 3.28. The van der Waals surface area contributed by atoms with Crippen molar-refractivity contribution in [3.8, 4) is 0 Å². The Morgan fingerprint density at radius 2 is 2.06 bits per heavy atom. The summed E-state index contributed by atoms with van der Waals surface area (Å²) in [7, 11) is 0. The largest absolute Gasteiger partial charge is 0.392 e. The summed E-state index contributed by atoms with van der Waals surface area (Å²) in [5, 5.41) is 0. The molecule has 4 heteroatoms. The van der Waals surface area contributed by atoms with E-state index in [0.29, 0.717) is 35.2 Å². The van der Waals surface area contributed by atoms with E-state index in [0.717, 1.165) is 13.0 Å². The summed E-state index contributed by atoms with van der Waals surface area (Å²) in [6.07, 6.45) is 4.76. The summed E-state index contributed by atoms with van der Waals surface area (Å²) in [5.74, 6) is 1.95. The Labute approximate surface area is 102 Å². The Morgan fingerprint density at radius 1 is 1.44 bits per heavy atom. The predicted molar refractivity (Wildman–Crippen MR) is 68.0 cm³/mol. The van der Waals surface area contributed by atoms with Crippen LogP contribution in [0.25, 0.3) is 0 Å². The molecule has 2 aliphatic carbocycles. The molecule has 16 heavy (non-hydrogen) atoms. The topological polar surface area (TPSA) is 46.3 Å². The molecule has 2 N–H and O–H groups in total. The molecule has 0 aromatic carbocycles. The molecule has 2 saturated carbocycles. The smallest absolute Gasteiger partial charge is 0.226 e. The van der Waals surface area contributed by atoms with Gasteiger partial charge in [0.1, 0.15) is 0 Å². The number of nitrogens with zero attached hydrogens (tertiary/aromatic N) is 1. The molecule has 0 aliphatic heterocycles. The number of rotatable bonds is 5. The van der Waals surface area contributed by atoms with Gasteiger partial charge in [-0.05, 0) is 31.1 Å². The van der Waals surface area contributed by atoms with Crippen LogP contribution in [0, 0.1) is 17.8 Å². The highest BCUT2D eigenvalue weighted by atomic mass is 32.1. The van der Waals surface area contributed by atoms with Gasteiger partial charge >= 0.3 is 0 Å². The van der Waals surface area contributed by atoms with E-state index in [1.165, 1.54) is 19.3 Å². The first kappa shape index (κ1) is 11.8. The van der Waals surface area contributed by atoms with Crippen molar-refractivity contribution in [1.29, 1.82) is 0 Å². The minimum absolute atomic E-state index is 0.296. The minimum Gasteiger partial charge on any atom is -0.392 e. The molecule has 2 atom stereocenters. The molecule has 0 aromatic heterocycles. The zero-order chi connectivity index (χ0) is 11.7. The van der Waals surface area contributed by atoms with Crippen molar-refractivity contribution in [3.05, 3.63) is 0 Å². The zero-order valence-corrected chi connectivity index (χ0v) is 10.6. The molecule has 2 aliphatic rings. The minimum atomic E-state index is 0.296. The highest BCUT2D eigenvalue weighted by Crippen LogP contribution is 2.58. The van der Waals surface area contributed by atoms with Crippen LogP contribution in [0.4, 0.5) is 0 Å². The van der Waals surface area contributed by atoms with Crippen molar-refractivity contribution < 1.29 is 4.79 Å². The Hall–Kier alpha value is -0.640. The Balaban J connectivity index is 1.92. The molecule has 1 amide bonds. The summed E-state index contributed by atoms with van der Waals surface area (Å²) in [6, 6.07) is 0. The lowest BCUT2D eigenvalue weighted by molar-refractivity contribution is -0.132. The summed E-state index contributed by atoms with van der Waals surface area (Å²) >= 11 is 4.90. The first-order valence-electron chi connectivity index (χ1n) is 6.22. The number of nitrogens with two attached hydrogens (primary N) is 1. The molecule has 0 aromatic rings. The second-order valence-corrected chi connectivity index (χ2v) is 5.53. The van der Waals surface area contributed by atoms with Gasteiger partial charge in [-0.2, -0.15) is 0 Å². The van der Waals surface area contributed by atoms with Gasteiger partial charge in [0.15, 0.2) is 0 Å². The second kappa shape index (κ2) is 4.70. The Morgan fingerprint density at radius 3 is 2.56 bits per heavy atom. The number of hydrogen-bond donors (Lipinski definition) is 1. The molecule has 0 bridgehead atoms. The van der Waals surface area contributed by atoms with Crippen LogP contribution in [0.15, 0.2) is 0 Å². The first-order chi connectivity index (χ1) is 7.65. The quantitative estimate of drug-likeness (QED) is 0.742. The molecular formula is C12H20N2OS. The third-order valence-electron chi connectivity index (χ3n) is 3.84. The predicted octanol–water partition coefficient (Wildman–Crippen LogP) is 1.56. The van der Waals surface area contributed by atoms with Gasteiger partial charge < -0.3 is 10.6 Å². The highest BCUT2D eigenvalue weighted by molar-refractivity contribution is 7.80. The molecule has 2 unspecified atom stereocenters. The first-order valence-corrected chi connectivity index (χ1v) is 6.63. The van der Waals surface area contributed by atoms with Crippen LogP contribution in [-0.2, 0) is 4.79 Å². The van der Waals surface area contributed by atoms with Crippen LogP contribution in [0.2, 0.25) is 0 Å². The number of fused-ring (bicyclic) bond motifs is 1. The van der Waals surface area contributed by atoms with Gasteiger partial charge in [-0.3, -0.25) is 4.79 Å². The lowest BCUT2D eigenvalue weighted by Crippen LogP contribution is -2.39. The summed E-state index contributed by atoms with van der Waals surface area (Å²) in [4.78, 5) is 14.5. The summed E-state index contributed by atoms with van der Waals surface area (Å²) < 4.78 is 0. The fraction of sp³-hybridized carbons (Fsp3) is 0.833. The SMILES string of the molecule is CCCN(CC(N)=S)C(=O)C1C2CCCC21. The molecule has 3 nitrogen and oxygen atoms in total. The van der Waals surface area contributed by atoms with Gasteiger partial charge in [0.2, 0.25) is 5.91 Å². The fourth-order valence-electron chi connectivity index (χ4n) is 3.12. The van der Waals surface area contributed by atoms with Crippen molar-refractivity contribution in [1.82, 2.24) is 4.90 Å². The molecule has 2 rings (SSSR count). The maximum atomic E-state index is 12.3. The van der Waals surface area contributed by atoms with E-state index in [4.69, 9.17) is 18.0 Å². The zero-order valence-electron chi connectivity index (χ0n) is 9.82. The van der Waals surface area contributed by atoms with E-state index in [-0.39, 0.29) is 0 Å². The van der Waals surface area contributed by atoms with E-state index >= 15 is 0 Å². The summed E-state index contributed by atoms with van der Waals surface area (Å²) in [5.41, 5.74) is 5.54. The maximum Gasteiger partial charge on any atom is 0.226 e.